The Morgan fingerprint density at radius 1 is 1.07 bits per heavy atom. The fraction of sp³-hybridized carbons (Fsp3) is 0.190. The van der Waals surface area contributed by atoms with Crippen molar-refractivity contribution in [3.8, 4) is 0 Å². The van der Waals surface area contributed by atoms with E-state index < -0.39 is 10.8 Å². The van der Waals surface area contributed by atoms with E-state index in [-0.39, 0.29) is 23.2 Å². The van der Waals surface area contributed by atoms with E-state index in [1.165, 1.54) is 29.2 Å². The smallest absolute Gasteiger partial charge is 0.287 e. The van der Waals surface area contributed by atoms with Gasteiger partial charge >= 0.3 is 0 Å². The minimum atomic E-state index is -1.37. The van der Waals surface area contributed by atoms with Gasteiger partial charge in [0.1, 0.15) is 11.6 Å². The zero-order chi connectivity index (χ0) is 19.9. The summed E-state index contributed by atoms with van der Waals surface area (Å²) in [5.74, 6) is 0.0718. The van der Waals surface area contributed by atoms with Gasteiger partial charge in [-0.05, 0) is 66.8 Å². The number of nitrogens with one attached hydrogen (secondary N) is 1. The van der Waals surface area contributed by atoms with Crippen molar-refractivity contribution in [3.63, 3.8) is 0 Å². The lowest BCUT2D eigenvalue weighted by Crippen LogP contribution is -2.25. The first-order chi connectivity index (χ1) is 13.5. The second-order valence-corrected chi connectivity index (χ2v) is 8.39. The highest BCUT2D eigenvalue weighted by Gasteiger charge is 2.13. The van der Waals surface area contributed by atoms with E-state index >= 15 is 0 Å². The highest BCUT2D eigenvalue weighted by molar-refractivity contribution is 7.98. The van der Waals surface area contributed by atoms with Crippen LogP contribution in [0.5, 0.6) is 0 Å². The normalized spacial score (nSPS) is 11.9. The molecule has 0 spiro atoms. The molecule has 7 heteroatoms. The number of hydrogen-bond acceptors (Lipinski definition) is 4. The number of benzene rings is 2. The van der Waals surface area contributed by atoms with Crippen molar-refractivity contribution in [1.29, 1.82) is 0 Å². The van der Waals surface area contributed by atoms with Crippen molar-refractivity contribution in [3.05, 3.63) is 83.6 Å². The van der Waals surface area contributed by atoms with Crippen LogP contribution >= 0.6 is 11.8 Å². The maximum absolute atomic E-state index is 13.0. The van der Waals surface area contributed by atoms with Crippen molar-refractivity contribution in [2.45, 2.75) is 22.0 Å². The summed E-state index contributed by atoms with van der Waals surface area (Å²) in [6.07, 6.45) is 2.75. The summed E-state index contributed by atoms with van der Waals surface area (Å²) in [5.41, 5.74) is 1.15. The van der Waals surface area contributed by atoms with Crippen molar-refractivity contribution in [2.75, 3.05) is 12.8 Å². The van der Waals surface area contributed by atoms with E-state index in [4.69, 9.17) is 4.42 Å². The number of hydrogen-bond donors (Lipinski definition) is 1. The van der Waals surface area contributed by atoms with Gasteiger partial charge in [0.15, 0.2) is 5.76 Å². The highest BCUT2D eigenvalue weighted by atomic mass is 32.2. The molecule has 1 aromatic heterocycles. The molecule has 1 N–H and O–H groups in total. The molecule has 0 aliphatic heterocycles. The van der Waals surface area contributed by atoms with E-state index in [1.807, 2.05) is 18.4 Å². The molecule has 2 aromatic carbocycles. The Bertz CT molecular complexity index is 953. The lowest BCUT2D eigenvalue weighted by atomic mass is 10.1. The van der Waals surface area contributed by atoms with Gasteiger partial charge in [-0.2, -0.15) is 0 Å². The van der Waals surface area contributed by atoms with Gasteiger partial charge in [-0.25, -0.2) is 4.39 Å². The van der Waals surface area contributed by atoms with E-state index in [1.54, 1.807) is 23.9 Å². The van der Waals surface area contributed by atoms with Crippen LogP contribution in [0.1, 0.15) is 21.9 Å². The molecule has 3 rings (SSSR count). The first kappa shape index (κ1) is 20.4. The first-order valence-corrected chi connectivity index (χ1v) is 11.2. The monoisotopic (exact) mass is 417 g/mol. The van der Waals surface area contributed by atoms with Crippen LogP contribution in [0.15, 0.2) is 74.9 Å². The maximum Gasteiger partial charge on any atom is 0.287 e. The topological polar surface area (TPSA) is 59.3 Å². The van der Waals surface area contributed by atoms with Gasteiger partial charge in [0, 0.05) is 16.3 Å². The molecule has 3 aromatic rings. The third kappa shape index (κ3) is 5.56. The molecule has 0 fully saturated rings. The number of halogens is 1. The van der Waals surface area contributed by atoms with Gasteiger partial charge < -0.3 is 9.73 Å². The Labute approximate surface area is 170 Å². The minimum Gasteiger partial charge on any atom is -0.455 e. The SMILES string of the molecule is CSc1ccc(CCNC(=O)c2ccc(C[S@@](=O)c3ccc(F)cc3)o2)cc1. The summed E-state index contributed by atoms with van der Waals surface area (Å²) in [6.45, 7) is 0.495. The molecule has 0 aliphatic carbocycles. The highest BCUT2D eigenvalue weighted by Crippen LogP contribution is 2.16. The molecule has 0 bridgehead atoms. The van der Waals surface area contributed by atoms with Gasteiger partial charge in [0.05, 0.1) is 16.6 Å². The van der Waals surface area contributed by atoms with E-state index in [0.29, 0.717) is 17.2 Å². The van der Waals surface area contributed by atoms with Crippen LogP contribution in [0.3, 0.4) is 0 Å². The molecule has 0 aliphatic rings. The van der Waals surface area contributed by atoms with Gasteiger partial charge in [-0.15, -0.1) is 11.8 Å². The summed E-state index contributed by atoms with van der Waals surface area (Å²) in [4.78, 5) is 13.9. The predicted molar refractivity (Wildman–Crippen MR) is 109 cm³/mol. The molecule has 1 heterocycles. The van der Waals surface area contributed by atoms with E-state index in [0.717, 1.165) is 12.0 Å². The van der Waals surface area contributed by atoms with Gasteiger partial charge in [0.2, 0.25) is 0 Å². The van der Waals surface area contributed by atoms with Crippen molar-refractivity contribution in [1.82, 2.24) is 5.32 Å². The summed E-state index contributed by atoms with van der Waals surface area (Å²) in [7, 11) is -1.37. The maximum atomic E-state index is 13.0. The van der Waals surface area contributed by atoms with Crippen LogP contribution < -0.4 is 5.32 Å². The van der Waals surface area contributed by atoms with Gasteiger partial charge in [0.25, 0.3) is 5.91 Å². The Morgan fingerprint density at radius 3 is 2.46 bits per heavy atom. The second-order valence-electron chi connectivity index (χ2n) is 6.06. The molecule has 0 radical (unpaired) electrons. The first-order valence-electron chi connectivity index (χ1n) is 8.69. The van der Waals surface area contributed by atoms with Crippen LogP contribution in [-0.2, 0) is 23.0 Å². The quantitative estimate of drug-likeness (QED) is 0.551. The van der Waals surface area contributed by atoms with E-state index in [2.05, 4.69) is 17.4 Å². The molecule has 0 saturated heterocycles. The largest absolute Gasteiger partial charge is 0.455 e. The van der Waals surface area contributed by atoms with Gasteiger partial charge in [-0.1, -0.05) is 12.1 Å². The molecule has 1 atom stereocenters. The van der Waals surface area contributed by atoms with Gasteiger partial charge in [-0.3, -0.25) is 9.00 Å². The number of furan rings is 1. The average Bonchev–Trinajstić information content (AvgIpc) is 3.17. The number of carbonyl (C=O) groups excluding carboxylic acids is 1. The third-order valence-corrected chi connectivity index (χ3v) is 6.18. The van der Waals surface area contributed by atoms with Crippen molar-refractivity contribution < 1.29 is 17.8 Å². The fourth-order valence-corrected chi connectivity index (χ4v) is 4.00. The molecule has 146 valence electrons. The number of rotatable bonds is 8. The molecule has 0 unspecified atom stereocenters. The lowest BCUT2D eigenvalue weighted by molar-refractivity contribution is 0.0925. The molecule has 4 nitrogen and oxygen atoms in total. The standard InChI is InChI=1S/C21H20FNO3S2/c1-27-18-7-2-15(3-8-18)12-13-23-21(24)20-11-6-17(26-20)14-28(25)19-9-4-16(22)5-10-19/h2-11H,12-14H2,1H3,(H,23,24)/t28-/m1/s1. The predicted octanol–water partition coefficient (Wildman–Crippen LogP) is 4.42. The van der Waals surface area contributed by atoms with Crippen LogP contribution in [0.4, 0.5) is 4.39 Å². The second kappa shape index (κ2) is 9.71. The summed E-state index contributed by atoms with van der Waals surface area (Å²) >= 11 is 1.69. The Morgan fingerprint density at radius 2 is 1.79 bits per heavy atom. The third-order valence-electron chi connectivity index (χ3n) is 4.09. The molecule has 0 saturated carbocycles. The Kier molecular flexibility index (Phi) is 7.06. The number of carbonyl (C=O) groups is 1. The van der Waals surface area contributed by atoms with Crippen LogP contribution in [0, 0.1) is 5.82 Å². The van der Waals surface area contributed by atoms with Crippen LogP contribution in [-0.4, -0.2) is 22.9 Å². The van der Waals surface area contributed by atoms with Crippen LogP contribution in [0.2, 0.25) is 0 Å². The zero-order valence-corrected chi connectivity index (χ0v) is 16.9. The minimum absolute atomic E-state index is 0.126. The molecule has 28 heavy (non-hydrogen) atoms. The Hall–Kier alpha value is -2.38. The Balaban J connectivity index is 1.50. The summed E-state index contributed by atoms with van der Waals surface area (Å²) in [6, 6.07) is 16.9. The van der Waals surface area contributed by atoms with E-state index in [9.17, 15) is 13.4 Å². The fourth-order valence-electron chi connectivity index (χ4n) is 2.58. The van der Waals surface area contributed by atoms with Crippen molar-refractivity contribution in [2.24, 2.45) is 0 Å². The molecule has 1 amide bonds. The molecular weight excluding hydrogens is 397 g/mol. The summed E-state index contributed by atoms with van der Waals surface area (Å²) < 4.78 is 30.8. The number of thioether (sulfide) groups is 1. The average molecular weight is 418 g/mol. The lowest BCUT2D eigenvalue weighted by Gasteiger charge is -2.05. The molecular formula is C21H20FNO3S2. The summed E-state index contributed by atoms with van der Waals surface area (Å²) in [5, 5.41) is 2.83. The number of amides is 1. The van der Waals surface area contributed by atoms with Crippen LogP contribution in [0.25, 0.3) is 0 Å². The van der Waals surface area contributed by atoms with Crippen molar-refractivity contribution >= 4 is 28.5 Å². The zero-order valence-electron chi connectivity index (χ0n) is 15.3.